The molecule has 0 fully saturated rings. The van der Waals surface area contributed by atoms with Gasteiger partial charge in [-0.2, -0.15) is 0 Å². The fourth-order valence-corrected chi connectivity index (χ4v) is 2.05. The molecule has 0 aliphatic rings. The van der Waals surface area contributed by atoms with Crippen LogP contribution in [-0.4, -0.2) is 17.8 Å². The Hall–Kier alpha value is -0.830. The Morgan fingerprint density at radius 1 is 1.50 bits per heavy atom. The summed E-state index contributed by atoms with van der Waals surface area (Å²) < 4.78 is 0. The zero-order chi connectivity index (χ0) is 10.8. The van der Waals surface area contributed by atoms with Crippen LogP contribution in [-0.2, 0) is 6.54 Å². The van der Waals surface area contributed by atoms with Crippen LogP contribution in [0.25, 0.3) is 0 Å². The van der Waals surface area contributed by atoms with Crippen molar-refractivity contribution in [3.63, 3.8) is 0 Å². The predicted octanol–water partition coefficient (Wildman–Crippen LogP) is 3.20. The molecule has 0 atom stereocenters. The molecule has 0 aliphatic carbocycles. The fourth-order valence-electron chi connectivity index (χ4n) is 1.29. The van der Waals surface area contributed by atoms with Gasteiger partial charge in [-0.15, -0.1) is 11.3 Å². The Balaban J connectivity index is 2.59. The topological polar surface area (TPSA) is 27.1 Å². The molecule has 0 saturated carbocycles. The maximum atomic E-state index is 7.98. The van der Waals surface area contributed by atoms with Crippen molar-refractivity contribution in [2.75, 3.05) is 7.05 Å². The first-order valence-electron chi connectivity index (χ1n) is 4.74. The highest BCUT2D eigenvalue weighted by molar-refractivity contribution is 7.09. The predicted molar refractivity (Wildman–Crippen MR) is 63.0 cm³/mol. The van der Waals surface area contributed by atoms with Crippen molar-refractivity contribution in [1.82, 2.24) is 4.90 Å². The van der Waals surface area contributed by atoms with Crippen molar-refractivity contribution in [2.24, 2.45) is 5.41 Å². The van der Waals surface area contributed by atoms with Crippen molar-refractivity contribution in [2.45, 2.75) is 27.3 Å². The summed E-state index contributed by atoms with van der Waals surface area (Å²) in [6.45, 7) is 7.05. The highest BCUT2D eigenvalue weighted by Crippen LogP contribution is 2.19. The quantitative estimate of drug-likeness (QED) is 0.589. The standard InChI is InChI=1S/C11H18N2S/c1-11(2,3)10(12)13(4)8-9-6-5-7-14-9/h5-7,12H,8H2,1-4H3. The molecule has 0 aromatic carbocycles. The molecule has 0 amide bonds. The summed E-state index contributed by atoms with van der Waals surface area (Å²) >= 11 is 1.74. The molecule has 1 N–H and O–H groups in total. The SMILES string of the molecule is CN(Cc1cccs1)C(=N)C(C)(C)C. The van der Waals surface area contributed by atoms with Crippen LogP contribution in [0.1, 0.15) is 25.6 Å². The molecule has 3 heteroatoms. The van der Waals surface area contributed by atoms with Gasteiger partial charge in [0.1, 0.15) is 5.84 Å². The van der Waals surface area contributed by atoms with Crippen LogP contribution in [0.2, 0.25) is 0 Å². The number of nitrogens with one attached hydrogen (secondary N) is 1. The Morgan fingerprint density at radius 2 is 2.14 bits per heavy atom. The highest BCUT2D eigenvalue weighted by atomic mass is 32.1. The van der Waals surface area contributed by atoms with E-state index >= 15 is 0 Å². The van der Waals surface area contributed by atoms with E-state index in [1.165, 1.54) is 4.88 Å². The normalized spacial score (nSPS) is 11.4. The van der Waals surface area contributed by atoms with Gasteiger partial charge in [0, 0.05) is 17.3 Å². The molecule has 0 bridgehead atoms. The van der Waals surface area contributed by atoms with Gasteiger partial charge < -0.3 is 4.90 Å². The van der Waals surface area contributed by atoms with Crippen LogP contribution in [0, 0.1) is 10.8 Å². The smallest absolute Gasteiger partial charge is 0.101 e. The summed E-state index contributed by atoms with van der Waals surface area (Å²) in [7, 11) is 1.98. The van der Waals surface area contributed by atoms with Gasteiger partial charge in [-0.1, -0.05) is 26.8 Å². The zero-order valence-corrected chi connectivity index (χ0v) is 10.1. The minimum atomic E-state index is -0.0635. The van der Waals surface area contributed by atoms with Crippen molar-refractivity contribution in [1.29, 1.82) is 5.41 Å². The number of hydrogen-bond acceptors (Lipinski definition) is 2. The maximum Gasteiger partial charge on any atom is 0.101 e. The average Bonchev–Trinajstić information content (AvgIpc) is 2.53. The van der Waals surface area contributed by atoms with Crippen molar-refractivity contribution in [3.05, 3.63) is 22.4 Å². The monoisotopic (exact) mass is 210 g/mol. The third-order valence-electron chi connectivity index (χ3n) is 2.07. The van der Waals surface area contributed by atoms with Gasteiger partial charge in [-0.05, 0) is 11.4 Å². The van der Waals surface area contributed by atoms with Crippen molar-refractivity contribution < 1.29 is 0 Å². The van der Waals surface area contributed by atoms with Gasteiger partial charge in [-0.3, -0.25) is 5.41 Å². The zero-order valence-electron chi connectivity index (χ0n) is 9.29. The lowest BCUT2D eigenvalue weighted by atomic mass is 9.94. The average molecular weight is 210 g/mol. The molecular formula is C11H18N2S. The molecule has 1 aromatic heterocycles. The molecule has 2 nitrogen and oxygen atoms in total. The van der Waals surface area contributed by atoms with Crippen LogP contribution in [0.3, 0.4) is 0 Å². The lowest BCUT2D eigenvalue weighted by molar-refractivity contribution is 0.420. The summed E-state index contributed by atoms with van der Waals surface area (Å²) in [4.78, 5) is 3.31. The van der Waals surface area contributed by atoms with Crippen LogP contribution in [0.5, 0.6) is 0 Å². The Kier molecular flexibility index (Phi) is 3.32. The third-order valence-corrected chi connectivity index (χ3v) is 2.93. The minimum absolute atomic E-state index is 0.0635. The fraction of sp³-hybridized carbons (Fsp3) is 0.545. The second kappa shape index (κ2) is 4.13. The van der Waals surface area contributed by atoms with Crippen molar-refractivity contribution >= 4 is 17.2 Å². The van der Waals surface area contributed by atoms with E-state index in [2.05, 4.69) is 38.3 Å². The van der Waals surface area contributed by atoms with Gasteiger partial charge in [0.15, 0.2) is 0 Å². The van der Waals surface area contributed by atoms with Gasteiger partial charge >= 0.3 is 0 Å². The molecule has 0 spiro atoms. The molecule has 78 valence electrons. The van der Waals surface area contributed by atoms with Crippen LogP contribution in [0.15, 0.2) is 17.5 Å². The second-order valence-corrected chi connectivity index (χ2v) is 5.57. The van der Waals surface area contributed by atoms with Gasteiger partial charge in [-0.25, -0.2) is 0 Å². The minimum Gasteiger partial charge on any atom is -0.358 e. The molecule has 1 heterocycles. The molecule has 0 saturated heterocycles. The molecule has 14 heavy (non-hydrogen) atoms. The van der Waals surface area contributed by atoms with Crippen LogP contribution in [0.4, 0.5) is 0 Å². The molecular weight excluding hydrogens is 192 g/mol. The van der Waals surface area contributed by atoms with E-state index in [-0.39, 0.29) is 5.41 Å². The lowest BCUT2D eigenvalue weighted by Gasteiger charge is -2.28. The molecule has 1 rings (SSSR count). The first-order chi connectivity index (χ1) is 6.41. The molecule has 0 aliphatic heterocycles. The van der Waals surface area contributed by atoms with Crippen LogP contribution < -0.4 is 0 Å². The van der Waals surface area contributed by atoms with E-state index < -0.39 is 0 Å². The van der Waals surface area contributed by atoms with E-state index in [0.717, 1.165) is 6.54 Å². The largest absolute Gasteiger partial charge is 0.358 e. The number of thiophene rings is 1. The van der Waals surface area contributed by atoms with E-state index in [0.29, 0.717) is 5.84 Å². The first kappa shape index (κ1) is 11.2. The lowest BCUT2D eigenvalue weighted by Crippen LogP contribution is -2.35. The first-order valence-corrected chi connectivity index (χ1v) is 5.62. The second-order valence-electron chi connectivity index (χ2n) is 4.53. The number of hydrogen-bond donors (Lipinski definition) is 1. The molecule has 1 aromatic rings. The van der Waals surface area contributed by atoms with E-state index in [1.807, 2.05) is 11.9 Å². The number of rotatable bonds is 2. The van der Waals surface area contributed by atoms with Gasteiger partial charge in [0.2, 0.25) is 0 Å². The number of nitrogens with zero attached hydrogens (tertiary/aromatic N) is 1. The summed E-state index contributed by atoms with van der Waals surface area (Å²) in [6.07, 6.45) is 0. The molecule has 0 unspecified atom stereocenters. The Bertz CT molecular complexity index is 296. The van der Waals surface area contributed by atoms with Gasteiger partial charge in [0.05, 0.1) is 6.54 Å². The summed E-state index contributed by atoms with van der Waals surface area (Å²) in [5.41, 5.74) is -0.0635. The van der Waals surface area contributed by atoms with Gasteiger partial charge in [0.25, 0.3) is 0 Å². The summed E-state index contributed by atoms with van der Waals surface area (Å²) in [5, 5.41) is 10.1. The van der Waals surface area contributed by atoms with E-state index in [1.54, 1.807) is 11.3 Å². The third kappa shape index (κ3) is 2.84. The van der Waals surface area contributed by atoms with E-state index in [9.17, 15) is 0 Å². The van der Waals surface area contributed by atoms with Crippen molar-refractivity contribution in [3.8, 4) is 0 Å². The summed E-state index contributed by atoms with van der Waals surface area (Å²) in [5.74, 6) is 0.686. The van der Waals surface area contributed by atoms with Crippen LogP contribution >= 0.6 is 11.3 Å². The Labute approximate surface area is 90.1 Å². The molecule has 0 radical (unpaired) electrons. The number of amidine groups is 1. The summed E-state index contributed by atoms with van der Waals surface area (Å²) in [6, 6.07) is 4.16. The Morgan fingerprint density at radius 3 is 2.57 bits per heavy atom. The van der Waals surface area contributed by atoms with E-state index in [4.69, 9.17) is 5.41 Å². The maximum absolute atomic E-state index is 7.98. The highest BCUT2D eigenvalue weighted by Gasteiger charge is 2.20.